The predicted octanol–water partition coefficient (Wildman–Crippen LogP) is 1.87. The van der Waals surface area contributed by atoms with E-state index < -0.39 is 0 Å². The maximum Gasteiger partial charge on any atom is 0.123 e. The zero-order valence-corrected chi connectivity index (χ0v) is 9.91. The van der Waals surface area contributed by atoms with Crippen LogP contribution in [0.4, 0.5) is 4.39 Å². The van der Waals surface area contributed by atoms with Gasteiger partial charge in [-0.25, -0.2) is 4.39 Å². The molecule has 1 aliphatic rings. The first-order valence-electron chi connectivity index (χ1n) is 5.79. The Morgan fingerprint density at radius 3 is 2.62 bits per heavy atom. The van der Waals surface area contributed by atoms with Crippen molar-refractivity contribution in [3.05, 3.63) is 35.6 Å². The third-order valence-corrected chi connectivity index (χ3v) is 3.21. The fourth-order valence-electron chi connectivity index (χ4n) is 2.17. The molecule has 1 N–H and O–H groups in total. The van der Waals surface area contributed by atoms with Crippen LogP contribution in [0.15, 0.2) is 24.3 Å². The van der Waals surface area contributed by atoms with Crippen LogP contribution in [0.5, 0.6) is 0 Å². The highest BCUT2D eigenvalue weighted by atomic mass is 19.1. The fourth-order valence-corrected chi connectivity index (χ4v) is 2.17. The SMILES string of the molecule is CNC1CC1CN(C)Cc1ccc(F)cc1. The third-order valence-electron chi connectivity index (χ3n) is 3.21. The van der Waals surface area contributed by atoms with Gasteiger partial charge in [0.2, 0.25) is 0 Å². The minimum Gasteiger partial charge on any atom is -0.317 e. The van der Waals surface area contributed by atoms with Gasteiger partial charge in [0.15, 0.2) is 0 Å². The van der Waals surface area contributed by atoms with E-state index in [0.717, 1.165) is 19.0 Å². The van der Waals surface area contributed by atoms with Crippen molar-refractivity contribution in [2.45, 2.75) is 19.0 Å². The van der Waals surface area contributed by atoms with E-state index in [9.17, 15) is 4.39 Å². The van der Waals surface area contributed by atoms with Crippen LogP contribution in [0.1, 0.15) is 12.0 Å². The molecule has 0 amide bonds. The molecule has 0 aliphatic heterocycles. The molecule has 0 radical (unpaired) electrons. The summed E-state index contributed by atoms with van der Waals surface area (Å²) in [7, 11) is 4.14. The quantitative estimate of drug-likeness (QED) is 0.818. The monoisotopic (exact) mass is 222 g/mol. The average Bonchev–Trinajstić information content (AvgIpc) is 3.00. The van der Waals surface area contributed by atoms with Crippen molar-refractivity contribution in [3.63, 3.8) is 0 Å². The number of hydrogen-bond donors (Lipinski definition) is 1. The molecule has 1 aromatic rings. The number of hydrogen-bond acceptors (Lipinski definition) is 2. The van der Waals surface area contributed by atoms with Crippen molar-refractivity contribution in [1.82, 2.24) is 10.2 Å². The summed E-state index contributed by atoms with van der Waals surface area (Å²) in [6, 6.07) is 7.46. The summed E-state index contributed by atoms with van der Waals surface area (Å²) in [4.78, 5) is 2.30. The molecule has 1 saturated carbocycles. The lowest BCUT2D eigenvalue weighted by Gasteiger charge is -2.16. The Morgan fingerprint density at radius 1 is 1.38 bits per heavy atom. The van der Waals surface area contributed by atoms with Crippen LogP contribution in [0.3, 0.4) is 0 Å². The Bertz CT molecular complexity index is 336. The molecule has 0 spiro atoms. The van der Waals surface area contributed by atoms with E-state index in [0.29, 0.717) is 6.04 Å². The predicted molar refractivity (Wildman–Crippen MR) is 63.7 cm³/mol. The Labute approximate surface area is 96.5 Å². The molecule has 0 bridgehead atoms. The number of benzene rings is 1. The summed E-state index contributed by atoms with van der Waals surface area (Å²) in [6.45, 7) is 2.01. The molecule has 0 saturated heterocycles. The maximum absolute atomic E-state index is 12.7. The molecule has 0 aromatic heterocycles. The topological polar surface area (TPSA) is 15.3 Å². The molecule has 1 fully saturated rings. The van der Waals surface area contributed by atoms with Crippen molar-refractivity contribution < 1.29 is 4.39 Å². The van der Waals surface area contributed by atoms with Crippen LogP contribution >= 0.6 is 0 Å². The number of halogens is 1. The first-order valence-corrected chi connectivity index (χ1v) is 5.79. The van der Waals surface area contributed by atoms with Crippen LogP contribution < -0.4 is 5.32 Å². The zero-order chi connectivity index (χ0) is 11.5. The average molecular weight is 222 g/mol. The van der Waals surface area contributed by atoms with Gasteiger partial charge in [0.1, 0.15) is 5.82 Å². The lowest BCUT2D eigenvalue weighted by molar-refractivity contribution is 0.308. The van der Waals surface area contributed by atoms with Crippen LogP contribution in [-0.4, -0.2) is 31.6 Å². The smallest absolute Gasteiger partial charge is 0.123 e. The van der Waals surface area contributed by atoms with Gasteiger partial charge in [-0.15, -0.1) is 0 Å². The van der Waals surface area contributed by atoms with Crippen LogP contribution in [0.2, 0.25) is 0 Å². The second-order valence-electron chi connectivity index (χ2n) is 4.71. The molecule has 3 heteroatoms. The van der Waals surface area contributed by atoms with E-state index >= 15 is 0 Å². The van der Waals surface area contributed by atoms with Gasteiger partial charge in [-0.05, 0) is 44.1 Å². The normalized spacial score (nSPS) is 23.8. The minimum atomic E-state index is -0.163. The first kappa shape index (κ1) is 11.6. The van der Waals surface area contributed by atoms with Crippen molar-refractivity contribution in [3.8, 4) is 0 Å². The highest BCUT2D eigenvalue weighted by Crippen LogP contribution is 2.30. The van der Waals surface area contributed by atoms with Gasteiger partial charge < -0.3 is 10.2 Å². The first-order chi connectivity index (χ1) is 7.69. The van der Waals surface area contributed by atoms with Gasteiger partial charge in [-0.3, -0.25) is 0 Å². The summed E-state index contributed by atoms with van der Waals surface area (Å²) < 4.78 is 12.7. The van der Waals surface area contributed by atoms with E-state index in [4.69, 9.17) is 0 Å². The fraction of sp³-hybridized carbons (Fsp3) is 0.538. The molecule has 0 heterocycles. The van der Waals surface area contributed by atoms with Gasteiger partial charge >= 0.3 is 0 Å². The third kappa shape index (κ3) is 3.03. The standard InChI is InChI=1S/C13H19FN2/c1-15-13-7-11(13)9-16(2)8-10-3-5-12(14)6-4-10/h3-6,11,13,15H,7-9H2,1-2H3. The largest absolute Gasteiger partial charge is 0.317 e. The van der Waals surface area contributed by atoms with Gasteiger partial charge in [0.05, 0.1) is 0 Å². The highest BCUT2D eigenvalue weighted by molar-refractivity contribution is 5.15. The van der Waals surface area contributed by atoms with E-state index in [1.807, 2.05) is 19.2 Å². The summed E-state index contributed by atoms with van der Waals surface area (Å²) in [5.41, 5.74) is 1.17. The molecule has 2 unspecified atom stereocenters. The number of nitrogens with zero attached hydrogens (tertiary/aromatic N) is 1. The van der Waals surface area contributed by atoms with Crippen molar-refractivity contribution in [2.24, 2.45) is 5.92 Å². The Kier molecular flexibility index (Phi) is 3.56. The lowest BCUT2D eigenvalue weighted by Crippen LogP contribution is -2.23. The molecule has 16 heavy (non-hydrogen) atoms. The molecule has 88 valence electrons. The molecule has 2 nitrogen and oxygen atoms in total. The second-order valence-corrected chi connectivity index (χ2v) is 4.71. The molecule has 2 atom stereocenters. The second kappa shape index (κ2) is 4.93. The van der Waals surface area contributed by atoms with Crippen LogP contribution in [0, 0.1) is 11.7 Å². The zero-order valence-electron chi connectivity index (χ0n) is 9.91. The summed E-state index contributed by atoms with van der Waals surface area (Å²) in [5, 5.41) is 3.29. The van der Waals surface area contributed by atoms with Gasteiger partial charge in [0, 0.05) is 19.1 Å². The summed E-state index contributed by atoms with van der Waals surface area (Å²) in [6.07, 6.45) is 1.28. The van der Waals surface area contributed by atoms with Crippen molar-refractivity contribution >= 4 is 0 Å². The molecular formula is C13H19FN2. The van der Waals surface area contributed by atoms with Gasteiger partial charge in [0.25, 0.3) is 0 Å². The highest BCUT2D eigenvalue weighted by Gasteiger charge is 2.35. The lowest BCUT2D eigenvalue weighted by atomic mass is 10.2. The summed E-state index contributed by atoms with van der Waals surface area (Å²) in [5.74, 6) is 0.624. The van der Waals surface area contributed by atoms with E-state index in [2.05, 4.69) is 17.3 Å². The van der Waals surface area contributed by atoms with Gasteiger partial charge in [-0.1, -0.05) is 12.1 Å². The maximum atomic E-state index is 12.7. The minimum absolute atomic E-state index is 0.163. The molecular weight excluding hydrogens is 203 g/mol. The Morgan fingerprint density at radius 2 is 2.06 bits per heavy atom. The Balaban J connectivity index is 1.79. The van der Waals surface area contributed by atoms with Crippen LogP contribution in [0.25, 0.3) is 0 Å². The molecule has 1 aromatic carbocycles. The van der Waals surface area contributed by atoms with Gasteiger partial charge in [-0.2, -0.15) is 0 Å². The van der Waals surface area contributed by atoms with Crippen LogP contribution in [-0.2, 0) is 6.54 Å². The molecule has 1 aliphatic carbocycles. The van der Waals surface area contributed by atoms with Crippen molar-refractivity contribution in [1.29, 1.82) is 0 Å². The molecule has 2 rings (SSSR count). The van der Waals surface area contributed by atoms with E-state index in [1.54, 1.807) is 0 Å². The van der Waals surface area contributed by atoms with E-state index in [-0.39, 0.29) is 5.82 Å². The Hall–Kier alpha value is -0.930. The number of rotatable bonds is 5. The number of nitrogens with one attached hydrogen (secondary N) is 1. The van der Waals surface area contributed by atoms with E-state index in [1.165, 1.54) is 24.1 Å². The summed E-state index contributed by atoms with van der Waals surface area (Å²) >= 11 is 0. The van der Waals surface area contributed by atoms with Crippen molar-refractivity contribution in [2.75, 3.05) is 20.6 Å².